The van der Waals surface area contributed by atoms with Crippen LogP contribution >= 0.6 is 0 Å². The van der Waals surface area contributed by atoms with E-state index >= 15 is 0 Å². The minimum atomic E-state index is -3.45. The standard InChI is InChI=1S/C18H17N3O4S/c1-26(24,25)15-9-5-4-8-14(15)20-17(22)11-10-16-19-13-7-3-2-6-12(13)18(23)21-16/h2-9H,10-11H2,1H3,(H,20,22)(H,19,21,23). The zero-order chi connectivity index (χ0) is 18.7. The summed E-state index contributed by atoms with van der Waals surface area (Å²) in [6, 6.07) is 13.2. The van der Waals surface area contributed by atoms with Crippen molar-refractivity contribution in [1.29, 1.82) is 0 Å². The quantitative estimate of drug-likeness (QED) is 0.712. The smallest absolute Gasteiger partial charge is 0.258 e. The van der Waals surface area contributed by atoms with Crippen molar-refractivity contribution in [3.05, 3.63) is 64.7 Å². The summed E-state index contributed by atoms with van der Waals surface area (Å²) in [4.78, 5) is 31.3. The Bertz CT molecular complexity index is 1140. The highest BCUT2D eigenvalue weighted by atomic mass is 32.2. The molecule has 0 aliphatic carbocycles. The largest absolute Gasteiger partial charge is 0.325 e. The molecule has 2 N–H and O–H groups in total. The van der Waals surface area contributed by atoms with Crippen LogP contribution in [0.3, 0.4) is 0 Å². The number of carbonyl (C=O) groups excluding carboxylic acids is 1. The third kappa shape index (κ3) is 3.97. The van der Waals surface area contributed by atoms with Crippen molar-refractivity contribution in [2.24, 2.45) is 0 Å². The zero-order valence-electron chi connectivity index (χ0n) is 14.0. The molecule has 1 aromatic heterocycles. The van der Waals surface area contributed by atoms with Gasteiger partial charge in [-0.2, -0.15) is 0 Å². The summed E-state index contributed by atoms with van der Waals surface area (Å²) in [6.45, 7) is 0. The predicted molar refractivity (Wildman–Crippen MR) is 98.9 cm³/mol. The number of aryl methyl sites for hydroxylation is 1. The van der Waals surface area contributed by atoms with E-state index < -0.39 is 9.84 Å². The molecule has 3 aromatic rings. The molecule has 0 aliphatic rings. The molecule has 1 heterocycles. The molecule has 0 spiro atoms. The third-order valence-corrected chi connectivity index (χ3v) is 4.97. The van der Waals surface area contributed by atoms with Crippen LogP contribution in [0.2, 0.25) is 0 Å². The number of rotatable bonds is 5. The van der Waals surface area contributed by atoms with Gasteiger partial charge in [0.1, 0.15) is 5.82 Å². The molecular weight excluding hydrogens is 354 g/mol. The number of fused-ring (bicyclic) bond motifs is 1. The number of amides is 1. The fraction of sp³-hybridized carbons (Fsp3) is 0.167. The molecule has 0 unspecified atom stereocenters. The molecule has 0 radical (unpaired) electrons. The molecule has 3 rings (SSSR count). The van der Waals surface area contributed by atoms with E-state index in [9.17, 15) is 18.0 Å². The number of H-pyrrole nitrogens is 1. The number of aromatic nitrogens is 2. The van der Waals surface area contributed by atoms with Crippen LogP contribution in [0.1, 0.15) is 12.2 Å². The van der Waals surface area contributed by atoms with Gasteiger partial charge in [-0.05, 0) is 24.3 Å². The molecule has 7 nitrogen and oxygen atoms in total. The van der Waals surface area contributed by atoms with Crippen molar-refractivity contribution in [2.75, 3.05) is 11.6 Å². The van der Waals surface area contributed by atoms with Gasteiger partial charge in [0.15, 0.2) is 9.84 Å². The van der Waals surface area contributed by atoms with Gasteiger partial charge in [-0.1, -0.05) is 24.3 Å². The minimum Gasteiger partial charge on any atom is -0.325 e. The first-order valence-corrected chi connectivity index (χ1v) is 9.80. The second-order valence-electron chi connectivity index (χ2n) is 5.85. The Labute approximate surface area is 150 Å². The number of carbonyl (C=O) groups is 1. The van der Waals surface area contributed by atoms with Crippen LogP contribution in [0.15, 0.2) is 58.2 Å². The van der Waals surface area contributed by atoms with Gasteiger partial charge in [-0.25, -0.2) is 13.4 Å². The number of nitrogens with one attached hydrogen (secondary N) is 2. The Kier molecular flexibility index (Phi) is 4.85. The van der Waals surface area contributed by atoms with E-state index in [-0.39, 0.29) is 34.9 Å². The zero-order valence-corrected chi connectivity index (χ0v) is 14.8. The molecule has 0 atom stereocenters. The lowest BCUT2D eigenvalue weighted by Gasteiger charge is -2.09. The molecule has 0 saturated carbocycles. The van der Waals surface area contributed by atoms with E-state index in [0.29, 0.717) is 16.7 Å². The number of nitrogens with zero attached hydrogens (tertiary/aromatic N) is 1. The number of aromatic amines is 1. The summed E-state index contributed by atoms with van der Waals surface area (Å²) < 4.78 is 23.6. The van der Waals surface area contributed by atoms with Crippen LogP contribution in [0.4, 0.5) is 5.69 Å². The van der Waals surface area contributed by atoms with Crippen LogP contribution in [0.5, 0.6) is 0 Å². The van der Waals surface area contributed by atoms with E-state index in [1.807, 2.05) is 0 Å². The van der Waals surface area contributed by atoms with Crippen LogP contribution in [-0.4, -0.2) is 30.5 Å². The summed E-state index contributed by atoms with van der Waals surface area (Å²) in [7, 11) is -3.45. The molecular formula is C18H17N3O4S. The molecule has 26 heavy (non-hydrogen) atoms. The molecule has 1 amide bonds. The van der Waals surface area contributed by atoms with Gasteiger partial charge in [0.2, 0.25) is 5.91 Å². The molecule has 2 aromatic carbocycles. The third-order valence-electron chi connectivity index (χ3n) is 3.81. The molecule has 134 valence electrons. The lowest BCUT2D eigenvalue weighted by molar-refractivity contribution is -0.116. The lowest BCUT2D eigenvalue weighted by atomic mass is 10.2. The number of hydrogen-bond acceptors (Lipinski definition) is 5. The Morgan fingerprint density at radius 1 is 1.12 bits per heavy atom. The molecule has 0 fully saturated rings. The van der Waals surface area contributed by atoms with Crippen LogP contribution in [0.25, 0.3) is 10.9 Å². The Morgan fingerprint density at radius 2 is 1.81 bits per heavy atom. The van der Waals surface area contributed by atoms with Gasteiger partial charge in [0.25, 0.3) is 5.56 Å². The summed E-state index contributed by atoms with van der Waals surface area (Å²) in [5, 5.41) is 3.09. The summed E-state index contributed by atoms with van der Waals surface area (Å²) >= 11 is 0. The number of anilines is 1. The fourth-order valence-electron chi connectivity index (χ4n) is 2.59. The lowest BCUT2D eigenvalue weighted by Crippen LogP contribution is -2.17. The topological polar surface area (TPSA) is 109 Å². The SMILES string of the molecule is CS(=O)(=O)c1ccccc1NC(=O)CCc1nc2ccccc2c(=O)[nH]1. The average Bonchev–Trinajstić information content (AvgIpc) is 2.60. The van der Waals surface area contributed by atoms with Crippen LogP contribution in [0, 0.1) is 0 Å². The highest BCUT2D eigenvalue weighted by Gasteiger charge is 2.14. The number of hydrogen-bond donors (Lipinski definition) is 2. The first-order chi connectivity index (χ1) is 12.3. The van der Waals surface area contributed by atoms with Crippen molar-refractivity contribution in [3.63, 3.8) is 0 Å². The van der Waals surface area contributed by atoms with E-state index in [4.69, 9.17) is 0 Å². The number of sulfone groups is 1. The van der Waals surface area contributed by atoms with E-state index in [1.54, 1.807) is 36.4 Å². The molecule has 0 bridgehead atoms. The van der Waals surface area contributed by atoms with Crippen molar-refractivity contribution in [3.8, 4) is 0 Å². The van der Waals surface area contributed by atoms with Crippen molar-refractivity contribution >= 4 is 32.3 Å². The maximum atomic E-state index is 12.2. The maximum Gasteiger partial charge on any atom is 0.258 e. The number of para-hydroxylation sites is 2. The average molecular weight is 371 g/mol. The molecule has 8 heteroatoms. The fourth-order valence-corrected chi connectivity index (χ4v) is 3.44. The highest BCUT2D eigenvalue weighted by Crippen LogP contribution is 2.20. The number of benzene rings is 2. The maximum absolute atomic E-state index is 12.2. The van der Waals surface area contributed by atoms with Gasteiger partial charge in [0, 0.05) is 19.1 Å². The van der Waals surface area contributed by atoms with Crippen LogP contribution < -0.4 is 10.9 Å². The van der Waals surface area contributed by atoms with Crippen molar-refractivity contribution in [2.45, 2.75) is 17.7 Å². The minimum absolute atomic E-state index is 0.0549. The van der Waals surface area contributed by atoms with Crippen molar-refractivity contribution in [1.82, 2.24) is 9.97 Å². The van der Waals surface area contributed by atoms with E-state index in [1.165, 1.54) is 12.1 Å². The molecule has 0 saturated heterocycles. The monoisotopic (exact) mass is 371 g/mol. The second kappa shape index (κ2) is 7.09. The Hall–Kier alpha value is -3.00. The summed E-state index contributed by atoms with van der Waals surface area (Å²) in [5.41, 5.74) is 0.544. The van der Waals surface area contributed by atoms with Gasteiger partial charge >= 0.3 is 0 Å². The Balaban J connectivity index is 1.74. The predicted octanol–water partition coefficient (Wildman–Crippen LogP) is 1.90. The Morgan fingerprint density at radius 3 is 2.58 bits per heavy atom. The first-order valence-electron chi connectivity index (χ1n) is 7.91. The van der Waals surface area contributed by atoms with Gasteiger partial charge in [-0.3, -0.25) is 9.59 Å². The van der Waals surface area contributed by atoms with Crippen molar-refractivity contribution < 1.29 is 13.2 Å². The van der Waals surface area contributed by atoms with Gasteiger partial charge in [0.05, 0.1) is 21.5 Å². The molecule has 0 aliphatic heterocycles. The van der Waals surface area contributed by atoms with Crippen LogP contribution in [-0.2, 0) is 21.1 Å². The van der Waals surface area contributed by atoms with Gasteiger partial charge in [-0.15, -0.1) is 0 Å². The highest BCUT2D eigenvalue weighted by molar-refractivity contribution is 7.90. The normalized spacial score (nSPS) is 11.4. The van der Waals surface area contributed by atoms with E-state index in [2.05, 4.69) is 15.3 Å². The summed E-state index contributed by atoms with van der Waals surface area (Å²) in [6.07, 6.45) is 1.37. The first kappa shape index (κ1) is 17.8. The van der Waals surface area contributed by atoms with Gasteiger partial charge < -0.3 is 10.3 Å². The summed E-state index contributed by atoms with van der Waals surface area (Å²) in [5.74, 6) is 0.0390. The van der Waals surface area contributed by atoms with E-state index in [0.717, 1.165) is 6.26 Å². The second-order valence-corrected chi connectivity index (χ2v) is 7.83.